The van der Waals surface area contributed by atoms with Crippen LogP contribution in [0, 0.1) is 0 Å². The van der Waals surface area contributed by atoms with Crippen molar-refractivity contribution in [2.45, 2.75) is 12.4 Å². The third kappa shape index (κ3) is 3.38. The first-order valence-electron chi connectivity index (χ1n) is 5.78. The Morgan fingerprint density at radius 1 is 0.905 bits per heavy atom. The maximum Gasteiger partial charge on any atom is 0.432 e. The van der Waals surface area contributed by atoms with Gasteiger partial charge in [-0.1, -0.05) is 18.2 Å². The van der Waals surface area contributed by atoms with Gasteiger partial charge in [0, 0.05) is 0 Å². The fourth-order valence-corrected chi connectivity index (χ4v) is 1.88. The number of hydrogen-bond acceptors (Lipinski definition) is 2. The Kier molecular flexibility index (Phi) is 3.75. The number of hydrazine groups is 1. The third-order valence-electron chi connectivity index (χ3n) is 2.95. The fourth-order valence-electron chi connectivity index (χ4n) is 1.88. The molecule has 2 N–H and O–H groups in total. The van der Waals surface area contributed by atoms with Crippen LogP contribution in [0.4, 0.5) is 26.3 Å². The van der Waals surface area contributed by atoms with E-state index in [9.17, 15) is 26.3 Å². The molecule has 21 heavy (non-hydrogen) atoms. The summed E-state index contributed by atoms with van der Waals surface area (Å²) >= 11 is 0. The number of nitrogens with two attached hydrogens (primary N) is 1. The zero-order valence-corrected chi connectivity index (χ0v) is 10.5. The number of nitrogens with zero attached hydrogens (tertiary/aromatic N) is 1. The number of allylic oxidation sites excluding steroid dienone is 3. The quantitative estimate of drug-likeness (QED) is 0.633. The van der Waals surface area contributed by atoms with E-state index in [1.165, 1.54) is 6.08 Å². The first-order chi connectivity index (χ1) is 9.59. The summed E-state index contributed by atoms with van der Waals surface area (Å²) in [7, 11) is 0. The van der Waals surface area contributed by atoms with E-state index < -0.39 is 23.6 Å². The van der Waals surface area contributed by atoms with E-state index >= 15 is 0 Å². The molecular weight excluding hydrogens is 298 g/mol. The molecule has 114 valence electrons. The van der Waals surface area contributed by atoms with Crippen molar-refractivity contribution in [3.05, 3.63) is 53.2 Å². The number of halogens is 6. The van der Waals surface area contributed by atoms with Crippen LogP contribution in [0.15, 0.2) is 42.1 Å². The maximum atomic E-state index is 12.7. The Balaban J connectivity index is 2.33. The highest BCUT2D eigenvalue weighted by Gasteiger charge is 2.38. The van der Waals surface area contributed by atoms with Gasteiger partial charge in [0.2, 0.25) is 0 Å². The molecule has 1 aromatic carbocycles. The monoisotopic (exact) mass is 308 g/mol. The van der Waals surface area contributed by atoms with Crippen molar-refractivity contribution in [3.63, 3.8) is 0 Å². The van der Waals surface area contributed by atoms with Crippen LogP contribution in [0.5, 0.6) is 0 Å². The minimum Gasteiger partial charge on any atom is -0.303 e. The highest BCUT2D eigenvalue weighted by molar-refractivity contribution is 5.76. The molecule has 0 bridgehead atoms. The molecule has 0 aliphatic carbocycles. The summed E-state index contributed by atoms with van der Waals surface area (Å²) in [4.78, 5) is 0. The fraction of sp³-hybridized carbons (Fsp3) is 0.231. The topological polar surface area (TPSA) is 29.3 Å². The molecule has 0 unspecified atom stereocenters. The highest BCUT2D eigenvalue weighted by atomic mass is 19.4. The molecule has 0 amide bonds. The van der Waals surface area contributed by atoms with Crippen molar-refractivity contribution in [1.82, 2.24) is 5.01 Å². The SMILES string of the molecule is NN1CC=C(c2ccc(C(F)(F)F)cc2)C=C1C(F)(F)F. The van der Waals surface area contributed by atoms with E-state index in [0.29, 0.717) is 5.01 Å². The number of alkyl halides is 6. The maximum absolute atomic E-state index is 12.7. The number of hydrogen-bond donors (Lipinski definition) is 1. The highest BCUT2D eigenvalue weighted by Crippen LogP contribution is 2.34. The Labute approximate surface area is 116 Å². The van der Waals surface area contributed by atoms with Gasteiger partial charge < -0.3 is 5.01 Å². The number of benzene rings is 1. The van der Waals surface area contributed by atoms with Crippen molar-refractivity contribution in [1.29, 1.82) is 0 Å². The van der Waals surface area contributed by atoms with Crippen LogP contribution in [-0.2, 0) is 6.18 Å². The minimum atomic E-state index is -4.62. The van der Waals surface area contributed by atoms with E-state index in [1.807, 2.05) is 0 Å². The van der Waals surface area contributed by atoms with E-state index in [4.69, 9.17) is 5.84 Å². The molecule has 1 heterocycles. The van der Waals surface area contributed by atoms with Crippen LogP contribution in [-0.4, -0.2) is 17.7 Å². The van der Waals surface area contributed by atoms with Gasteiger partial charge in [0.15, 0.2) is 0 Å². The Bertz CT molecular complexity index is 580. The van der Waals surface area contributed by atoms with Crippen molar-refractivity contribution >= 4 is 5.57 Å². The lowest BCUT2D eigenvalue weighted by Crippen LogP contribution is -2.38. The second-order valence-electron chi connectivity index (χ2n) is 4.41. The first kappa shape index (κ1) is 15.4. The van der Waals surface area contributed by atoms with Gasteiger partial charge in [-0.05, 0) is 29.3 Å². The normalized spacial score (nSPS) is 16.6. The molecule has 0 saturated carbocycles. The molecule has 8 heteroatoms. The van der Waals surface area contributed by atoms with Crippen LogP contribution in [0.3, 0.4) is 0 Å². The van der Waals surface area contributed by atoms with Gasteiger partial charge in [0.25, 0.3) is 0 Å². The van der Waals surface area contributed by atoms with E-state index in [0.717, 1.165) is 30.3 Å². The molecule has 0 aromatic heterocycles. The standard InChI is InChI=1S/C13H10F6N2/c14-12(15,16)10-3-1-8(2-4-10)9-5-6-21(20)11(7-9)13(17,18)19/h1-5,7H,6,20H2. The predicted molar refractivity (Wildman–Crippen MR) is 64.5 cm³/mol. The molecule has 0 radical (unpaired) electrons. The summed E-state index contributed by atoms with van der Waals surface area (Å²) in [6.45, 7) is -0.179. The van der Waals surface area contributed by atoms with Crippen LogP contribution in [0.2, 0.25) is 0 Å². The summed E-state index contributed by atoms with van der Waals surface area (Å²) in [6.07, 6.45) is -6.88. The van der Waals surface area contributed by atoms with E-state index in [2.05, 4.69) is 0 Å². The van der Waals surface area contributed by atoms with Gasteiger partial charge in [-0.3, -0.25) is 0 Å². The Morgan fingerprint density at radius 3 is 1.95 bits per heavy atom. The third-order valence-corrected chi connectivity index (χ3v) is 2.95. The van der Waals surface area contributed by atoms with E-state index in [-0.39, 0.29) is 17.7 Å². The van der Waals surface area contributed by atoms with Crippen molar-refractivity contribution in [2.75, 3.05) is 6.54 Å². The van der Waals surface area contributed by atoms with Crippen LogP contribution in [0.1, 0.15) is 11.1 Å². The summed E-state index contributed by atoms with van der Waals surface area (Å²) in [5.41, 5.74) is -1.46. The van der Waals surface area contributed by atoms with Crippen LogP contribution >= 0.6 is 0 Å². The first-order valence-corrected chi connectivity index (χ1v) is 5.78. The molecule has 2 nitrogen and oxygen atoms in total. The lowest BCUT2D eigenvalue weighted by molar-refractivity contribution is -0.137. The van der Waals surface area contributed by atoms with Crippen molar-refractivity contribution in [3.8, 4) is 0 Å². The van der Waals surface area contributed by atoms with Gasteiger partial charge in [0.1, 0.15) is 5.70 Å². The molecule has 2 rings (SSSR count). The molecule has 0 spiro atoms. The lowest BCUT2D eigenvalue weighted by atomic mass is 10.0. The summed E-state index contributed by atoms with van der Waals surface area (Å²) in [5, 5.41) is 0.535. The molecule has 1 aromatic rings. The molecule has 0 atom stereocenters. The summed E-state index contributed by atoms with van der Waals surface area (Å²) in [5.74, 6) is 5.24. The van der Waals surface area contributed by atoms with Gasteiger partial charge in [-0.2, -0.15) is 26.3 Å². The summed E-state index contributed by atoms with van der Waals surface area (Å²) < 4.78 is 75.5. The second-order valence-corrected chi connectivity index (χ2v) is 4.41. The molecule has 0 saturated heterocycles. The predicted octanol–water partition coefficient (Wildman–Crippen LogP) is 3.72. The Morgan fingerprint density at radius 2 is 1.48 bits per heavy atom. The lowest BCUT2D eigenvalue weighted by Gasteiger charge is -2.26. The summed E-state index contributed by atoms with van der Waals surface area (Å²) in [6, 6.07) is 3.91. The molecular formula is C13H10F6N2. The molecule has 1 aliphatic heterocycles. The zero-order valence-electron chi connectivity index (χ0n) is 10.5. The Hall–Kier alpha value is -1.96. The molecule has 1 aliphatic rings. The largest absolute Gasteiger partial charge is 0.432 e. The molecule has 0 fully saturated rings. The van der Waals surface area contributed by atoms with Crippen LogP contribution < -0.4 is 5.84 Å². The van der Waals surface area contributed by atoms with Gasteiger partial charge in [-0.25, -0.2) is 5.84 Å². The zero-order chi connectivity index (χ0) is 15.8. The van der Waals surface area contributed by atoms with Gasteiger partial charge in [-0.15, -0.1) is 0 Å². The van der Waals surface area contributed by atoms with E-state index in [1.54, 1.807) is 0 Å². The number of rotatable bonds is 1. The second kappa shape index (κ2) is 5.10. The average molecular weight is 308 g/mol. The smallest absolute Gasteiger partial charge is 0.303 e. The van der Waals surface area contributed by atoms with Crippen molar-refractivity contribution in [2.24, 2.45) is 5.84 Å². The van der Waals surface area contributed by atoms with Gasteiger partial charge in [0.05, 0.1) is 12.1 Å². The van der Waals surface area contributed by atoms with Crippen molar-refractivity contribution < 1.29 is 26.3 Å². The van der Waals surface area contributed by atoms with Crippen LogP contribution in [0.25, 0.3) is 5.57 Å². The van der Waals surface area contributed by atoms with Gasteiger partial charge >= 0.3 is 12.4 Å². The minimum absolute atomic E-state index is 0.178. The average Bonchev–Trinajstić information content (AvgIpc) is 2.37.